The Morgan fingerprint density at radius 1 is 1.27 bits per heavy atom. The smallest absolute Gasteiger partial charge is 0.0661 e. The normalized spacial score (nSPS) is 43.8. The van der Waals surface area contributed by atoms with Gasteiger partial charge in [-0.25, -0.2) is 0 Å². The van der Waals surface area contributed by atoms with Crippen molar-refractivity contribution in [1.29, 1.82) is 5.26 Å². The molecule has 0 aromatic carbocycles. The minimum atomic E-state index is 0.420. The van der Waals surface area contributed by atoms with Gasteiger partial charge in [0.15, 0.2) is 0 Å². The van der Waals surface area contributed by atoms with Gasteiger partial charge in [0.25, 0.3) is 0 Å². The fourth-order valence-corrected chi connectivity index (χ4v) is 2.27. The molecule has 2 rings (SSSR count). The number of likely N-dealkylation sites (tertiary alicyclic amines) is 1. The van der Waals surface area contributed by atoms with Crippen molar-refractivity contribution in [2.24, 2.45) is 17.8 Å². The molecule has 2 atom stereocenters. The molecule has 0 aromatic heterocycles. The van der Waals surface area contributed by atoms with E-state index >= 15 is 0 Å². The van der Waals surface area contributed by atoms with Gasteiger partial charge in [-0.15, -0.1) is 0 Å². The minimum absolute atomic E-state index is 0.420. The van der Waals surface area contributed by atoms with Gasteiger partial charge in [0.2, 0.25) is 0 Å². The van der Waals surface area contributed by atoms with Crippen molar-refractivity contribution in [3.63, 3.8) is 0 Å². The molecule has 1 saturated carbocycles. The lowest BCUT2D eigenvalue weighted by Gasteiger charge is -2.12. The van der Waals surface area contributed by atoms with Crippen LogP contribution in [0.1, 0.15) is 12.8 Å². The van der Waals surface area contributed by atoms with Crippen LogP contribution in [-0.2, 0) is 0 Å². The maximum atomic E-state index is 8.73. The fourth-order valence-electron chi connectivity index (χ4n) is 2.27. The summed E-state index contributed by atoms with van der Waals surface area (Å²) in [6.45, 7) is 2.39. The van der Waals surface area contributed by atoms with Crippen LogP contribution in [0.2, 0.25) is 0 Å². The van der Waals surface area contributed by atoms with Crippen molar-refractivity contribution in [1.82, 2.24) is 4.90 Å². The van der Waals surface area contributed by atoms with Gasteiger partial charge in [-0.2, -0.15) is 5.26 Å². The Hall–Kier alpha value is -0.550. The summed E-state index contributed by atoms with van der Waals surface area (Å²) < 4.78 is 0. The summed E-state index contributed by atoms with van der Waals surface area (Å²) in [5.41, 5.74) is 0. The Kier molecular flexibility index (Phi) is 1.61. The van der Waals surface area contributed by atoms with Crippen LogP contribution in [-0.4, -0.2) is 25.0 Å². The third-order valence-electron chi connectivity index (χ3n) is 3.17. The molecule has 2 heteroatoms. The minimum Gasteiger partial charge on any atom is -0.306 e. The quantitative estimate of drug-likeness (QED) is 0.517. The Morgan fingerprint density at radius 2 is 1.82 bits per heavy atom. The largest absolute Gasteiger partial charge is 0.306 e. The molecular weight excluding hydrogens is 136 g/mol. The highest BCUT2D eigenvalue weighted by atomic mass is 15.1. The van der Waals surface area contributed by atoms with Crippen LogP contribution in [0.3, 0.4) is 0 Å². The van der Waals surface area contributed by atoms with Gasteiger partial charge in [0.1, 0.15) is 0 Å². The van der Waals surface area contributed by atoms with Crippen LogP contribution >= 0.6 is 0 Å². The van der Waals surface area contributed by atoms with Crippen molar-refractivity contribution in [2.75, 3.05) is 20.1 Å². The van der Waals surface area contributed by atoms with Crippen molar-refractivity contribution in [3.05, 3.63) is 0 Å². The molecule has 0 amide bonds. The van der Waals surface area contributed by atoms with Crippen LogP contribution in [0.4, 0.5) is 0 Å². The molecule has 2 aliphatic rings. The molecule has 1 aliphatic carbocycles. The lowest BCUT2D eigenvalue weighted by atomic mass is 10.2. The molecule has 0 bridgehead atoms. The van der Waals surface area contributed by atoms with E-state index in [1.54, 1.807) is 0 Å². The molecule has 0 aromatic rings. The van der Waals surface area contributed by atoms with Crippen LogP contribution in [0, 0.1) is 29.1 Å². The van der Waals surface area contributed by atoms with Crippen LogP contribution in [0.15, 0.2) is 0 Å². The third kappa shape index (κ3) is 1.14. The summed E-state index contributed by atoms with van der Waals surface area (Å²) in [6, 6.07) is 2.41. The molecule has 2 fully saturated rings. The van der Waals surface area contributed by atoms with Crippen molar-refractivity contribution < 1.29 is 0 Å². The number of hydrogen-bond donors (Lipinski definition) is 0. The molecule has 0 N–H and O–H groups in total. The summed E-state index contributed by atoms with van der Waals surface area (Å²) in [4.78, 5) is 2.38. The van der Waals surface area contributed by atoms with Gasteiger partial charge in [0, 0.05) is 0 Å². The third-order valence-corrected chi connectivity index (χ3v) is 3.17. The van der Waals surface area contributed by atoms with Gasteiger partial charge >= 0.3 is 0 Å². The average Bonchev–Trinajstić information content (AvgIpc) is 2.69. The summed E-state index contributed by atoms with van der Waals surface area (Å²) in [6.07, 6.45) is 2.50. The molecular formula is C9H14N2. The second-order valence-corrected chi connectivity index (χ2v) is 3.86. The molecule has 60 valence electrons. The van der Waals surface area contributed by atoms with Gasteiger partial charge in [0.05, 0.1) is 12.0 Å². The molecule has 1 aliphatic heterocycles. The molecule has 2 unspecified atom stereocenters. The van der Waals surface area contributed by atoms with Crippen LogP contribution in [0.25, 0.3) is 0 Å². The Bertz CT molecular complexity index is 180. The monoisotopic (exact) mass is 150 g/mol. The van der Waals surface area contributed by atoms with Crippen LogP contribution < -0.4 is 0 Å². The lowest BCUT2D eigenvalue weighted by molar-refractivity contribution is 0.331. The lowest BCUT2D eigenvalue weighted by Crippen LogP contribution is -2.20. The van der Waals surface area contributed by atoms with Gasteiger partial charge in [-0.1, -0.05) is 0 Å². The van der Waals surface area contributed by atoms with E-state index in [1.165, 1.54) is 25.9 Å². The first kappa shape index (κ1) is 7.12. The maximum absolute atomic E-state index is 8.73. The number of hydrogen-bond acceptors (Lipinski definition) is 2. The first-order chi connectivity index (χ1) is 5.33. The van der Waals surface area contributed by atoms with E-state index in [-0.39, 0.29) is 0 Å². The average molecular weight is 150 g/mol. The van der Waals surface area contributed by atoms with E-state index in [4.69, 9.17) is 5.26 Å². The molecule has 11 heavy (non-hydrogen) atoms. The van der Waals surface area contributed by atoms with E-state index in [1.807, 2.05) is 0 Å². The molecule has 0 spiro atoms. The molecule has 0 radical (unpaired) electrons. The number of nitriles is 1. The van der Waals surface area contributed by atoms with Crippen molar-refractivity contribution >= 4 is 0 Å². The fraction of sp³-hybridized carbons (Fsp3) is 0.889. The van der Waals surface area contributed by atoms with E-state index in [0.717, 1.165) is 11.8 Å². The number of fused-ring (bicyclic) bond motifs is 1. The zero-order valence-corrected chi connectivity index (χ0v) is 6.95. The van der Waals surface area contributed by atoms with E-state index in [0.29, 0.717) is 5.92 Å². The zero-order valence-electron chi connectivity index (χ0n) is 6.95. The molecule has 2 nitrogen and oxygen atoms in total. The standard InChI is InChI=1S/C9H14N2/c1-11-4-2-7-8(3-5-11)9(7)6-10/h7-9H,2-5H2,1H3. The SMILES string of the molecule is CN1CCC2C(C#N)C2CC1. The van der Waals surface area contributed by atoms with Gasteiger partial charge in [-0.05, 0) is 44.8 Å². The zero-order chi connectivity index (χ0) is 7.84. The number of nitrogens with zero attached hydrogens (tertiary/aromatic N) is 2. The summed E-state index contributed by atoms with van der Waals surface area (Å²) >= 11 is 0. The van der Waals surface area contributed by atoms with Gasteiger partial charge in [-0.3, -0.25) is 0 Å². The van der Waals surface area contributed by atoms with Crippen molar-refractivity contribution in [2.45, 2.75) is 12.8 Å². The maximum Gasteiger partial charge on any atom is 0.0661 e. The highest BCUT2D eigenvalue weighted by Gasteiger charge is 2.50. The van der Waals surface area contributed by atoms with E-state index in [9.17, 15) is 0 Å². The summed E-state index contributed by atoms with van der Waals surface area (Å²) in [5, 5.41) is 8.73. The second kappa shape index (κ2) is 2.49. The Morgan fingerprint density at radius 3 is 2.27 bits per heavy atom. The highest BCUT2D eigenvalue weighted by molar-refractivity contribution is 5.09. The van der Waals surface area contributed by atoms with Crippen LogP contribution in [0.5, 0.6) is 0 Å². The predicted molar refractivity (Wildman–Crippen MR) is 42.8 cm³/mol. The van der Waals surface area contributed by atoms with E-state index in [2.05, 4.69) is 18.0 Å². The predicted octanol–water partition coefficient (Wildman–Crippen LogP) is 1.10. The Labute approximate surface area is 67.8 Å². The summed E-state index contributed by atoms with van der Waals surface area (Å²) in [7, 11) is 2.17. The van der Waals surface area contributed by atoms with Crippen molar-refractivity contribution in [3.8, 4) is 6.07 Å². The first-order valence-corrected chi connectivity index (χ1v) is 4.41. The molecule has 1 saturated heterocycles. The highest BCUT2D eigenvalue weighted by Crippen LogP contribution is 2.51. The Balaban J connectivity index is 1.94. The summed E-state index contributed by atoms with van der Waals surface area (Å²) in [5.74, 6) is 1.93. The van der Waals surface area contributed by atoms with Gasteiger partial charge < -0.3 is 4.90 Å². The first-order valence-electron chi connectivity index (χ1n) is 4.41. The topological polar surface area (TPSA) is 27.0 Å². The molecule has 1 heterocycles. The van der Waals surface area contributed by atoms with E-state index < -0.39 is 0 Å². The second-order valence-electron chi connectivity index (χ2n) is 3.86. The number of rotatable bonds is 0.